The molecule has 0 fully saturated rings. The molecule has 0 saturated heterocycles. The van der Waals surface area contributed by atoms with Crippen LogP contribution in [0.2, 0.25) is 0 Å². The summed E-state index contributed by atoms with van der Waals surface area (Å²) >= 11 is 0. The Bertz CT molecular complexity index is 1150. The summed E-state index contributed by atoms with van der Waals surface area (Å²) in [5.74, 6) is 0.715. The smallest absolute Gasteiger partial charge is 0.407 e. The van der Waals surface area contributed by atoms with E-state index in [1.54, 1.807) is 6.33 Å². The van der Waals surface area contributed by atoms with Crippen LogP contribution in [0.1, 0.15) is 5.69 Å². The van der Waals surface area contributed by atoms with Crippen LogP contribution in [0, 0.1) is 0 Å². The number of aromatic amines is 1. The summed E-state index contributed by atoms with van der Waals surface area (Å²) in [5.41, 5.74) is 4.79. The van der Waals surface area contributed by atoms with E-state index in [9.17, 15) is 4.79 Å². The summed E-state index contributed by atoms with van der Waals surface area (Å²) in [6.45, 7) is 0.0991. The standard InChI is InChI=1S/C18H19N7O2/c1-19-17-14-15(25(3)9-21-14)11-7-13(23-16(11)24-17)12-6-4-5-10(22-12)8-27-18(26)20-2/h4-7,9H,8H2,1-3H3,(H,20,26)(H2,19,23,24). The van der Waals surface area contributed by atoms with Crippen LogP contribution in [0.25, 0.3) is 33.5 Å². The van der Waals surface area contributed by atoms with Gasteiger partial charge in [-0.3, -0.25) is 0 Å². The van der Waals surface area contributed by atoms with E-state index in [0.717, 1.165) is 33.5 Å². The SMILES string of the molecule is CNC(=O)OCc1cccc(-c2cc3c(nc(NC)c4ncn(C)c43)[nH]2)n1. The Hall–Kier alpha value is -3.62. The number of hydrogen-bond donors (Lipinski definition) is 3. The van der Waals surface area contributed by atoms with E-state index in [1.807, 2.05) is 42.9 Å². The predicted molar refractivity (Wildman–Crippen MR) is 102 cm³/mol. The fourth-order valence-electron chi connectivity index (χ4n) is 3.03. The van der Waals surface area contributed by atoms with Gasteiger partial charge < -0.3 is 24.9 Å². The van der Waals surface area contributed by atoms with E-state index in [0.29, 0.717) is 11.5 Å². The number of H-pyrrole nitrogens is 1. The van der Waals surface area contributed by atoms with Crippen molar-refractivity contribution in [2.24, 2.45) is 7.05 Å². The number of aryl methyl sites for hydroxylation is 1. The highest BCUT2D eigenvalue weighted by atomic mass is 16.5. The molecule has 0 radical (unpaired) electrons. The number of nitrogens with zero attached hydrogens (tertiary/aromatic N) is 4. The molecule has 4 aromatic heterocycles. The van der Waals surface area contributed by atoms with Crippen molar-refractivity contribution >= 4 is 34.0 Å². The number of hydrogen-bond acceptors (Lipinski definition) is 6. The van der Waals surface area contributed by atoms with Gasteiger partial charge in [-0.1, -0.05) is 6.07 Å². The first-order valence-electron chi connectivity index (χ1n) is 8.43. The van der Waals surface area contributed by atoms with Crippen molar-refractivity contribution < 1.29 is 9.53 Å². The maximum atomic E-state index is 11.3. The first-order chi connectivity index (χ1) is 13.1. The second-order valence-electron chi connectivity index (χ2n) is 6.05. The minimum Gasteiger partial charge on any atom is -0.443 e. The summed E-state index contributed by atoms with van der Waals surface area (Å²) in [4.78, 5) is 28.2. The zero-order valence-corrected chi connectivity index (χ0v) is 15.2. The fourth-order valence-corrected chi connectivity index (χ4v) is 3.03. The van der Waals surface area contributed by atoms with Gasteiger partial charge in [0.05, 0.1) is 28.9 Å². The molecule has 27 heavy (non-hydrogen) atoms. The van der Waals surface area contributed by atoms with Crippen LogP contribution in [0.15, 0.2) is 30.6 Å². The molecule has 0 bridgehead atoms. The minimum absolute atomic E-state index is 0.0991. The number of fused-ring (bicyclic) bond motifs is 3. The maximum absolute atomic E-state index is 11.3. The lowest BCUT2D eigenvalue weighted by Crippen LogP contribution is -2.19. The summed E-state index contributed by atoms with van der Waals surface area (Å²) in [6, 6.07) is 7.60. The first kappa shape index (κ1) is 16.8. The molecule has 4 aromatic rings. The zero-order chi connectivity index (χ0) is 19.0. The van der Waals surface area contributed by atoms with Crippen LogP contribution in [-0.4, -0.2) is 44.7 Å². The van der Waals surface area contributed by atoms with Gasteiger partial charge >= 0.3 is 6.09 Å². The molecule has 3 N–H and O–H groups in total. The lowest BCUT2D eigenvalue weighted by molar-refractivity contribution is 0.140. The normalized spacial score (nSPS) is 11.1. The molecule has 9 heteroatoms. The molecule has 9 nitrogen and oxygen atoms in total. The highest BCUT2D eigenvalue weighted by Gasteiger charge is 2.15. The Kier molecular flexibility index (Phi) is 4.11. The highest BCUT2D eigenvalue weighted by Crippen LogP contribution is 2.31. The summed E-state index contributed by atoms with van der Waals surface area (Å²) in [6.07, 6.45) is 1.28. The van der Waals surface area contributed by atoms with Gasteiger partial charge in [-0.05, 0) is 18.2 Å². The van der Waals surface area contributed by atoms with Crippen LogP contribution >= 0.6 is 0 Å². The van der Waals surface area contributed by atoms with Crippen molar-refractivity contribution in [1.29, 1.82) is 0 Å². The van der Waals surface area contributed by atoms with Gasteiger partial charge in [-0.15, -0.1) is 0 Å². The van der Waals surface area contributed by atoms with E-state index >= 15 is 0 Å². The van der Waals surface area contributed by atoms with Crippen LogP contribution in [-0.2, 0) is 18.4 Å². The molecule has 0 spiro atoms. The number of alkyl carbamates (subject to hydrolysis) is 1. The maximum Gasteiger partial charge on any atom is 0.407 e. The third-order valence-corrected chi connectivity index (χ3v) is 4.31. The van der Waals surface area contributed by atoms with E-state index in [4.69, 9.17) is 4.74 Å². The topological polar surface area (TPSA) is 110 Å². The number of pyridine rings is 2. The minimum atomic E-state index is -0.491. The van der Waals surface area contributed by atoms with Gasteiger partial charge in [-0.2, -0.15) is 0 Å². The quantitative estimate of drug-likeness (QED) is 0.512. The van der Waals surface area contributed by atoms with Crippen molar-refractivity contribution in [2.75, 3.05) is 19.4 Å². The molecule has 0 aromatic carbocycles. The number of carbonyl (C=O) groups is 1. The summed E-state index contributed by atoms with van der Waals surface area (Å²) in [7, 11) is 5.29. The molecule has 0 aliphatic heterocycles. The van der Waals surface area contributed by atoms with Crippen molar-refractivity contribution in [1.82, 2.24) is 29.8 Å². The van der Waals surface area contributed by atoms with Gasteiger partial charge in [-0.25, -0.2) is 19.7 Å². The van der Waals surface area contributed by atoms with Crippen molar-refractivity contribution in [3.05, 3.63) is 36.3 Å². The van der Waals surface area contributed by atoms with Gasteiger partial charge in [0.15, 0.2) is 5.82 Å². The third-order valence-electron chi connectivity index (χ3n) is 4.31. The first-order valence-corrected chi connectivity index (χ1v) is 8.43. The fraction of sp³-hybridized carbons (Fsp3) is 0.222. The number of nitrogens with one attached hydrogen (secondary N) is 3. The van der Waals surface area contributed by atoms with Crippen LogP contribution in [0.3, 0.4) is 0 Å². The Balaban J connectivity index is 1.77. The van der Waals surface area contributed by atoms with E-state index < -0.39 is 6.09 Å². The van der Waals surface area contributed by atoms with E-state index in [1.165, 1.54) is 7.05 Å². The molecule has 1 amide bonds. The van der Waals surface area contributed by atoms with E-state index in [2.05, 4.69) is 30.6 Å². The predicted octanol–water partition coefficient (Wildman–Crippen LogP) is 2.41. The second-order valence-corrected chi connectivity index (χ2v) is 6.05. The zero-order valence-electron chi connectivity index (χ0n) is 15.2. The van der Waals surface area contributed by atoms with Crippen molar-refractivity contribution in [3.8, 4) is 11.4 Å². The molecule has 138 valence electrons. The Morgan fingerprint density at radius 1 is 1.30 bits per heavy atom. The molecule has 0 aliphatic carbocycles. The van der Waals surface area contributed by atoms with Gasteiger partial charge in [0.1, 0.15) is 17.8 Å². The monoisotopic (exact) mass is 365 g/mol. The third kappa shape index (κ3) is 2.92. The number of imidazole rings is 1. The van der Waals surface area contributed by atoms with Crippen LogP contribution in [0.4, 0.5) is 10.6 Å². The van der Waals surface area contributed by atoms with Crippen LogP contribution in [0.5, 0.6) is 0 Å². The Morgan fingerprint density at radius 2 is 2.15 bits per heavy atom. The van der Waals surface area contributed by atoms with Gasteiger partial charge in [0, 0.05) is 26.5 Å². The summed E-state index contributed by atoms with van der Waals surface area (Å²) in [5, 5.41) is 6.47. The molecule has 0 saturated carbocycles. The summed E-state index contributed by atoms with van der Waals surface area (Å²) < 4.78 is 7.04. The highest BCUT2D eigenvalue weighted by molar-refractivity contribution is 6.07. The average Bonchev–Trinajstić information content (AvgIpc) is 3.29. The number of rotatable bonds is 4. The lowest BCUT2D eigenvalue weighted by atomic mass is 10.2. The second kappa shape index (κ2) is 6.60. The number of aromatic nitrogens is 5. The molecule has 4 rings (SSSR count). The van der Waals surface area contributed by atoms with Gasteiger partial charge in [0.25, 0.3) is 0 Å². The number of ether oxygens (including phenoxy) is 1. The molecular weight excluding hydrogens is 346 g/mol. The van der Waals surface area contributed by atoms with E-state index in [-0.39, 0.29) is 6.61 Å². The molecule has 4 heterocycles. The molecule has 0 unspecified atom stereocenters. The Morgan fingerprint density at radius 3 is 2.93 bits per heavy atom. The van der Waals surface area contributed by atoms with Crippen molar-refractivity contribution in [3.63, 3.8) is 0 Å². The average molecular weight is 365 g/mol. The largest absolute Gasteiger partial charge is 0.443 e. The molecular formula is C18H19N7O2. The number of amides is 1. The van der Waals surface area contributed by atoms with Crippen molar-refractivity contribution in [2.45, 2.75) is 6.61 Å². The lowest BCUT2D eigenvalue weighted by Gasteiger charge is -2.04. The molecule has 0 aliphatic rings. The molecule has 0 atom stereocenters. The number of carbonyl (C=O) groups excluding carboxylic acids is 1. The number of anilines is 1. The van der Waals surface area contributed by atoms with Crippen LogP contribution < -0.4 is 10.6 Å². The van der Waals surface area contributed by atoms with Gasteiger partial charge in [0.2, 0.25) is 0 Å². The Labute approximate surface area is 154 Å².